The van der Waals surface area contributed by atoms with Crippen LogP contribution >= 0.6 is 0 Å². The molecule has 0 aliphatic heterocycles. The number of aryl methyl sites for hydroxylation is 3. The smallest absolute Gasteiger partial charge is 0.216 e. The SMILES string of the molecule is CC(C)Cc1cc(-c2[c-]ccc3c2CCCC3)ncc1[Si](C)(C)C.Cc1c[c-]c(-c2nc3ccnc(C)c3n2C(C)C)c2oc3nc(-c4ccccc4)ccc3c12.[Ir]. The van der Waals surface area contributed by atoms with Crippen molar-refractivity contribution < 1.29 is 24.5 Å². The van der Waals surface area contributed by atoms with Crippen molar-refractivity contribution in [3.05, 3.63) is 125 Å². The number of benzene rings is 3. The quantitative estimate of drug-likeness (QED) is 0.118. The molecule has 0 atom stereocenters. The number of rotatable bonds is 7. The summed E-state index contributed by atoms with van der Waals surface area (Å²) in [4.78, 5) is 19.2. The minimum absolute atomic E-state index is 0. The van der Waals surface area contributed by atoms with Crippen molar-refractivity contribution in [3.63, 3.8) is 0 Å². The van der Waals surface area contributed by atoms with Gasteiger partial charge in [-0.25, -0.2) is 4.98 Å². The van der Waals surface area contributed by atoms with Gasteiger partial charge in [-0.05, 0) is 68.6 Å². The average Bonchev–Trinajstić information content (AvgIpc) is 3.78. The molecule has 8 aromatic rings. The molecule has 0 spiro atoms. The minimum Gasteiger partial charge on any atom is -0.486 e. The molecule has 6 nitrogen and oxygen atoms in total. The largest absolute Gasteiger partial charge is 0.486 e. The van der Waals surface area contributed by atoms with Crippen LogP contribution in [0.15, 0.2) is 89.6 Å². The van der Waals surface area contributed by atoms with E-state index in [1.54, 1.807) is 0 Å². The molecule has 1 aliphatic rings. The van der Waals surface area contributed by atoms with Gasteiger partial charge in [0.15, 0.2) is 0 Å². The van der Waals surface area contributed by atoms with Crippen LogP contribution in [-0.2, 0) is 39.4 Å². The van der Waals surface area contributed by atoms with E-state index in [1.165, 1.54) is 53.1 Å². The first-order chi connectivity index (χ1) is 27.4. The zero-order chi connectivity index (χ0) is 40.0. The van der Waals surface area contributed by atoms with E-state index < -0.39 is 8.07 Å². The molecule has 8 heteroatoms. The van der Waals surface area contributed by atoms with Crippen LogP contribution in [0.4, 0.5) is 0 Å². The topological polar surface area (TPSA) is 69.6 Å². The van der Waals surface area contributed by atoms with E-state index in [2.05, 4.69) is 125 Å². The second-order valence-electron chi connectivity index (χ2n) is 17.4. The molecule has 58 heavy (non-hydrogen) atoms. The zero-order valence-electron chi connectivity index (χ0n) is 35.3. The standard InChI is InChI=1S/C28H23N4O.C22H30NSi.Ir/c1-16(2)32-25-18(4)29-15-14-23(25)30-27(32)21-11-10-17(3)24-20-12-13-22(19-8-6-5-7-9-19)31-28(20)33-26(21)24;1-16(2)13-18-14-21(23-15-22(18)24(3,4)5)20-12-8-10-17-9-6-7-11-19(17)20;/h5-10,12-16H,1-4H3;8,10,14-16H,6-7,9,11,13H2,1-5H3;/q2*-1;. The summed E-state index contributed by atoms with van der Waals surface area (Å²) >= 11 is 0. The Morgan fingerprint density at radius 3 is 2.36 bits per heavy atom. The van der Waals surface area contributed by atoms with Crippen molar-refractivity contribution in [3.8, 4) is 33.9 Å². The molecule has 9 rings (SSSR count). The normalized spacial score (nSPS) is 12.9. The van der Waals surface area contributed by atoms with Gasteiger partial charge in [0.05, 0.1) is 41.9 Å². The Morgan fingerprint density at radius 2 is 1.62 bits per heavy atom. The van der Waals surface area contributed by atoms with Crippen molar-refractivity contribution in [1.82, 2.24) is 24.5 Å². The van der Waals surface area contributed by atoms with E-state index in [9.17, 15) is 0 Å². The Balaban J connectivity index is 0.000000183. The van der Waals surface area contributed by atoms with Gasteiger partial charge in [0.1, 0.15) is 0 Å². The molecule has 0 bridgehead atoms. The second kappa shape index (κ2) is 16.8. The van der Waals surface area contributed by atoms with E-state index >= 15 is 0 Å². The maximum Gasteiger partial charge on any atom is 0.216 e. The molecule has 1 radical (unpaired) electrons. The van der Waals surface area contributed by atoms with Gasteiger partial charge in [-0.2, -0.15) is 0 Å². The third kappa shape index (κ3) is 7.99. The van der Waals surface area contributed by atoms with Gasteiger partial charge < -0.3 is 14.0 Å². The monoisotopic (exact) mass is 960 g/mol. The molecular formula is C50H53IrN5OSi-2. The number of aromatic nitrogens is 5. The summed E-state index contributed by atoms with van der Waals surface area (Å²) in [6.45, 7) is 20.3. The Kier molecular flexibility index (Phi) is 12.0. The van der Waals surface area contributed by atoms with Crippen LogP contribution in [0, 0.1) is 31.9 Å². The third-order valence-electron chi connectivity index (χ3n) is 11.2. The molecule has 299 valence electrons. The number of hydrogen-bond donors (Lipinski definition) is 0. The van der Waals surface area contributed by atoms with Gasteiger partial charge in [0, 0.05) is 49.5 Å². The zero-order valence-corrected chi connectivity index (χ0v) is 38.6. The summed E-state index contributed by atoms with van der Waals surface area (Å²) in [5, 5.41) is 3.58. The number of pyridine rings is 3. The fourth-order valence-electron chi connectivity index (χ4n) is 8.54. The predicted octanol–water partition coefficient (Wildman–Crippen LogP) is 12.2. The van der Waals surface area contributed by atoms with Crippen molar-refractivity contribution in [2.45, 2.75) is 99.3 Å². The maximum atomic E-state index is 6.43. The summed E-state index contributed by atoms with van der Waals surface area (Å²) in [6, 6.07) is 32.2. The van der Waals surface area contributed by atoms with Crippen molar-refractivity contribution in [2.75, 3.05) is 0 Å². The molecule has 0 amide bonds. The van der Waals surface area contributed by atoms with E-state index in [4.69, 9.17) is 19.4 Å². The first-order valence-corrected chi connectivity index (χ1v) is 24.0. The molecule has 0 saturated heterocycles. The number of fused-ring (bicyclic) bond motifs is 5. The molecule has 0 fully saturated rings. The summed E-state index contributed by atoms with van der Waals surface area (Å²) in [5.74, 6) is 1.51. The van der Waals surface area contributed by atoms with Crippen LogP contribution in [0.2, 0.25) is 19.6 Å². The first-order valence-electron chi connectivity index (χ1n) is 20.5. The van der Waals surface area contributed by atoms with E-state index in [1.807, 2.05) is 43.5 Å². The van der Waals surface area contributed by atoms with Crippen LogP contribution in [0.3, 0.4) is 0 Å². The average molecular weight is 960 g/mol. The van der Waals surface area contributed by atoms with E-state index in [0.29, 0.717) is 11.6 Å². The molecule has 5 heterocycles. The summed E-state index contributed by atoms with van der Waals surface area (Å²) < 4.78 is 8.66. The Labute approximate surface area is 357 Å². The maximum absolute atomic E-state index is 6.43. The fourth-order valence-corrected chi connectivity index (χ4v) is 10.1. The Hall–Kier alpha value is -4.75. The van der Waals surface area contributed by atoms with Gasteiger partial charge in [-0.3, -0.25) is 9.97 Å². The van der Waals surface area contributed by atoms with E-state index in [0.717, 1.165) is 73.4 Å². The minimum atomic E-state index is -1.37. The van der Waals surface area contributed by atoms with Gasteiger partial charge in [0.25, 0.3) is 0 Å². The molecule has 0 N–H and O–H groups in total. The van der Waals surface area contributed by atoms with E-state index in [-0.39, 0.29) is 26.1 Å². The van der Waals surface area contributed by atoms with Crippen LogP contribution in [0.25, 0.3) is 67.0 Å². The number of hydrogen-bond acceptors (Lipinski definition) is 5. The molecular weight excluding hydrogens is 907 g/mol. The van der Waals surface area contributed by atoms with Gasteiger partial charge in [-0.1, -0.05) is 113 Å². The summed E-state index contributed by atoms with van der Waals surface area (Å²) in [6.07, 6.45) is 10.1. The number of furan rings is 1. The van der Waals surface area contributed by atoms with Crippen molar-refractivity contribution in [2.24, 2.45) is 5.92 Å². The first kappa shape index (κ1) is 41.4. The molecule has 5 aromatic heterocycles. The summed E-state index contributed by atoms with van der Waals surface area (Å²) in [5.41, 5.74) is 15.1. The summed E-state index contributed by atoms with van der Waals surface area (Å²) in [7, 11) is -1.37. The fraction of sp³-hybridized carbons (Fsp3) is 0.320. The van der Waals surface area contributed by atoms with Gasteiger partial charge in [-0.15, -0.1) is 52.6 Å². The van der Waals surface area contributed by atoms with Gasteiger partial charge in [0.2, 0.25) is 5.71 Å². The van der Waals surface area contributed by atoms with Gasteiger partial charge >= 0.3 is 0 Å². The molecule has 1 aliphatic carbocycles. The molecule has 0 unspecified atom stereocenters. The molecule has 0 saturated carbocycles. The predicted molar refractivity (Wildman–Crippen MR) is 239 cm³/mol. The second-order valence-corrected chi connectivity index (χ2v) is 22.4. The van der Waals surface area contributed by atoms with Crippen LogP contribution in [-0.4, -0.2) is 32.6 Å². The third-order valence-corrected chi connectivity index (χ3v) is 13.3. The van der Waals surface area contributed by atoms with Crippen LogP contribution < -0.4 is 5.19 Å². The molecule has 3 aromatic carbocycles. The number of nitrogens with zero attached hydrogens (tertiary/aromatic N) is 5. The van der Waals surface area contributed by atoms with Crippen molar-refractivity contribution in [1.29, 1.82) is 0 Å². The number of imidazole rings is 1. The van der Waals surface area contributed by atoms with Crippen LogP contribution in [0.5, 0.6) is 0 Å². The Bertz CT molecular complexity index is 2740. The Morgan fingerprint density at radius 1 is 0.845 bits per heavy atom. The van der Waals surface area contributed by atoms with Crippen LogP contribution in [0.1, 0.15) is 74.5 Å². The van der Waals surface area contributed by atoms with Crippen molar-refractivity contribution >= 4 is 46.4 Å².